The minimum absolute atomic E-state index is 0.244. The number of hydrogen-bond donors (Lipinski definition) is 2. The molecule has 22 heavy (non-hydrogen) atoms. The van der Waals surface area contributed by atoms with E-state index < -0.39 is 0 Å². The van der Waals surface area contributed by atoms with Crippen molar-refractivity contribution in [3.63, 3.8) is 0 Å². The van der Waals surface area contributed by atoms with E-state index in [-0.39, 0.29) is 5.91 Å². The Morgan fingerprint density at radius 3 is 2.59 bits per heavy atom. The molecule has 2 aromatic rings. The molecule has 0 atom stereocenters. The lowest BCUT2D eigenvalue weighted by molar-refractivity contribution is 0.0943. The zero-order chi connectivity index (χ0) is 15.5. The lowest BCUT2D eigenvalue weighted by atomic mass is 10.2. The topological polar surface area (TPSA) is 53.5 Å². The van der Waals surface area contributed by atoms with Gasteiger partial charge in [-0.05, 0) is 42.5 Å². The average Bonchev–Trinajstić information content (AvgIpc) is 2.53. The normalized spacial score (nSPS) is 13.1. The molecule has 0 aromatic heterocycles. The van der Waals surface area contributed by atoms with Crippen LogP contribution >= 0.6 is 35.0 Å². The van der Waals surface area contributed by atoms with E-state index in [1.165, 1.54) is 0 Å². The number of benzene rings is 2. The molecule has 1 amide bonds. The van der Waals surface area contributed by atoms with Crippen molar-refractivity contribution in [3.8, 4) is 0 Å². The standard InChI is InChI=1S/C15H11Cl2N3OS/c16-10-3-1-9(2-4-10)15(21)20-19-14-8-22-13-7-11(17)5-6-12(13)18-14/h1-7H,8H2,(H,18,19)(H,20,21). The van der Waals surface area contributed by atoms with Crippen molar-refractivity contribution in [1.82, 2.24) is 10.9 Å². The quantitative estimate of drug-likeness (QED) is 0.761. The Kier molecular flexibility index (Phi) is 4.57. The lowest BCUT2D eigenvalue weighted by Crippen LogP contribution is -2.43. The van der Waals surface area contributed by atoms with Gasteiger partial charge in [0.15, 0.2) is 0 Å². The number of hydrazine groups is 1. The first-order valence-corrected chi connectivity index (χ1v) is 8.18. The van der Waals surface area contributed by atoms with Crippen LogP contribution in [0.4, 0.5) is 5.69 Å². The van der Waals surface area contributed by atoms with Gasteiger partial charge < -0.3 is 0 Å². The molecule has 0 bridgehead atoms. The van der Waals surface area contributed by atoms with Crippen molar-refractivity contribution in [3.05, 3.63) is 58.1 Å². The van der Waals surface area contributed by atoms with E-state index in [1.807, 2.05) is 12.1 Å². The van der Waals surface area contributed by atoms with Crippen LogP contribution in [-0.2, 0) is 0 Å². The van der Waals surface area contributed by atoms with E-state index in [2.05, 4.69) is 15.8 Å². The van der Waals surface area contributed by atoms with E-state index in [4.69, 9.17) is 23.2 Å². The number of fused-ring (bicyclic) bond motifs is 1. The highest BCUT2D eigenvalue weighted by atomic mass is 35.5. The first-order chi connectivity index (χ1) is 10.6. The fourth-order valence-corrected chi connectivity index (χ4v) is 3.15. The highest BCUT2D eigenvalue weighted by Gasteiger charge is 2.14. The predicted molar refractivity (Wildman–Crippen MR) is 91.3 cm³/mol. The third-order valence-electron chi connectivity index (χ3n) is 2.97. The van der Waals surface area contributed by atoms with Crippen LogP contribution in [0.1, 0.15) is 10.4 Å². The first-order valence-electron chi connectivity index (χ1n) is 6.44. The maximum absolute atomic E-state index is 12.0. The predicted octanol–water partition coefficient (Wildman–Crippen LogP) is 4.06. The number of carbonyl (C=O) groups is 1. The van der Waals surface area contributed by atoms with E-state index in [1.54, 1.807) is 42.1 Å². The summed E-state index contributed by atoms with van der Waals surface area (Å²) in [4.78, 5) is 17.5. The monoisotopic (exact) mass is 351 g/mol. The third kappa shape index (κ3) is 3.55. The number of nitrogens with zero attached hydrogens (tertiary/aromatic N) is 1. The molecule has 0 fully saturated rings. The van der Waals surface area contributed by atoms with Crippen LogP contribution in [0.3, 0.4) is 0 Å². The van der Waals surface area contributed by atoms with Crippen molar-refractivity contribution in [2.75, 3.05) is 5.75 Å². The third-order valence-corrected chi connectivity index (χ3v) is 4.51. The molecule has 3 rings (SSSR count). The Labute approximate surface area is 141 Å². The molecule has 0 spiro atoms. The van der Waals surface area contributed by atoms with Gasteiger partial charge in [0.05, 0.1) is 11.4 Å². The second-order valence-electron chi connectivity index (χ2n) is 4.55. The first kappa shape index (κ1) is 15.2. The minimum Gasteiger partial charge on any atom is -0.284 e. The van der Waals surface area contributed by atoms with E-state index in [0.717, 1.165) is 10.6 Å². The Hall–Kier alpha value is -1.69. The highest BCUT2D eigenvalue weighted by Crippen LogP contribution is 2.35. The molecule has 7 heteroatoms. The van der Waals surface area contributed by atoms with Crippen molar-refractivity contribution in [2.45, 2.75) is 4.90 Å². The van der Waals surface area contributed by atoms with Gasteiger partial charge in [-0.2, -0.15) is 0 Å². The number of thioether (sulfide) groups is 1. The lowest BCUT2D eigenvalue weighted by Gasteiger charge is -2.17. The van der Waals surface area contributed by atoms with E-state index in [0.29, 0.717) is 27.2 Å². The molecule has 0 unspecified atom stereocenters. The van der Waals surface area contributed by atoms with Crippen LogP contribution in [0, 0.1) is 0 Å². The van der Waals surface area contributed by atoms with Gasteiger partial charge in [-0.3, -0.25) is 15.6 Å². The fourth-order valence-electron chi connectivity index (χ4n) is 1.89. The molecule has 112 valence electrons. The molecule has 0 aliphatic carbocycles. The van der Waals surface area contributed by atoms with Crippen molar-refractivity contribution < 1.29 is 4.79 Å². The van der Waals surface area contributed by atoms with Gasteiger partial charge in [0.25, 0.3) is 5.91 Å². The molecule has 1 aliphatic rings. The molecule has 2 N–H and O–H groups in total. The van der Waals surface area contributed by atoms with Gasteiger partial charge in [0.2, 0.25) is 0 Å². The molecule has 1 aliphatic heterocycles. The van der Waals surface area contributed by atoms with Crippen molar-refractivity contribution >= 4 is 52.4 Å². The molecular formula is C15H11Cl2N3OS. The zero-order valence-electron chi connectivity index (χ0n) is 11.3. The van der Waals surface area contributed by atoms with Crippen molar-refractivity contribution in [1.29, 1.82) is 0 Å². The maximum Gasteiger partial charge on any atom is 0.269 e. The van der Waals surface area contributed by atoms with Crippen LogP contribution in [0.5, 0.6) is 0 Å². The summed E-state index contributed by atoms with van der Waals surface area (Å²) >= 11 is 13.4. The van der Waals surface area contributed by atoms with Gasteiger partial charge in [0.1, 0.15) is 5.84 Å². The van der Waals surface area contributed by atoms with Crippen LogP contribution < -0.4 is 10.9 Å². The number of rotatable bonds is 1. The number of nitrogens with one attached hydrogen (secondary N) is 2. The summed E-state index contributed by atoms with van der Waals surface area (Å²) in [6.07, 6.45) is 0. The molecule has 0 saturated heterocycles. The molecule has 4 nitrogen and oxygen atoms in total. The molecule has 0 radical (unpaired) electrons. The maximum atomic E-state index is 12.0. The van der Waals surface area contributed by atoms with Crippen molar-refractivity contribution in [2.24, 2.45) is 4.99 Å². The molecule has 2 aromatic carbocycles. The molecule has 1 heterocycles. The number of halogens is 2. The summed E-state index contributed by atoms with van der Waals surface area (Å²) in [5.74, 6) is 1.07. The highest BCUT2D eigenvalue weighted by molar-refractivity contribution is 8.00. The summed E-state index contributed by atoms with van der Waals surface area (Å²) in [5, 5.41) is 1.28. The van der Waals surface area contributed by atoms with Gasteiger partial charge in [-0.15, -0.1) is 11.8 Å². The number of amides is 1. The minimum atomic E-state index is -0.244. The summed E-state index contributed by atoms with van der Waals surface area (Å²) in [7, 11) is 0. The second-order valence-corrected chi connectivity index (χ2v) is 6.44. The van der Waals surface area contributed by atoms with Crippen LogP contribution in [0.2, 0.25) is 10.0 Å². The van der Waals surface area contributed by atoms with Gasteiger partial charge >= 0.3 is 0 Å². The van der Waals surface area contributed by atoms with Crippen LogP contribution in [0.15, 0.2) is 52.4 Å². The van der Waals surface area contributed by atoms with Crippen LogP contribution in [-0.4, -0.2) is 17.5 Å². The average molecular weight is 352 g/mol. The van der Waals surface area contributed by atoms with Crippen LogP contribution in [0.25, 0.3) is 0 Å². The number of hydrogen-bond acceptors (Lipinski definition) is 4. The largest absolute Gasteiger partial charge is 0.284 e. The van der Waals surface area contributed by atoms with Gasteiger partial charge in [-0.1, -0.05) is 23.2 Å². The summed E-state index contributed by atoms with van der Waals surface area (Å²) in [5.41, 5.74) is 6.84. The zero-order valence-corrected chi connectivity index (χ0v) is 13.6. The Balaban J connectivity index is 1.66. The van der Waals surface area contributed by atoms with Gasteiger partial charge in [0, 0.05) is 20.5 Å². The second kappa shape index (κ2) is 6.60. The molecule has 0 saturated carbocycles. The van der Waals surface area contributed by atoms with E-state index in [9.17, 15) is 4.79 Å². The summed E-state index contributed by atoms with van der Waals surface area (Å²) in [6.45, 7) is 0. The summed E-state index contributed by atoms with van der Waals surface area (Å²) in [6, 6.07) is 12.2. The number of carbonyl (C=O) groups excluding carboxylic acids is 1. The summed E-state index contributed by atoms with van der Waals surface area (Å²) < 4.78 is 0. The Morgan fingerprint density at radius 2 is 1.82 bits per heavy atom. The number of aliphatic imine (C=N–C) groups is 1. The fraction of sp³-hybridized carbons (Fsp3) is 0.0667. The van der Waals surface area contributed by atoms with Gasteiger partial charge in [-0.25, -0.2) is 4.99 Å². The smallest absolute Gasteiger partial charge is 0.269 e. The Morgan fingerprint density at radius 1 is 1.09 bits per heavy atom. The van der Waals surface area contributed by atoms with E-state index >= 15 is 0 Å². The Bertz CT molecular complexity index is 747. The SMILES string of the molecule is O=C(NNC1=Nc2ccc(Cl)cc2SC1)c1ccc(Cl)cc1. The number of amidine groups is 1. The molecular weight excluding hydrogens is 341 g/mol.